The fraction of sp³-hybridized carbons (Fsp3) is 0.250. The Morgan fingerprint density at radius 2 is 1.97 bits per heavy atom. The van der Waals surface area contributed by atoms with Crippen LogP contribution in [0.15, 0.2) is 48.8 Å². The Morgan fingerprint density at radius 1 is 1.21 bits per heavy atom. The zero-order chi connectivity index (χ0) is 20.2. The molecule has 0 fully saturated rings. The van der Waals surface area contributed by atoms with Gasteiger partial charge in [0, 0.05) is 11.8 Å². The number of methoxy groups -OCH3 is 1. The summed E-state index contributed by atoms with van der Waals surface area (Å²) < 4.78 is 17.5. The van der Waals surface area contributed by atoms with E-state index < -0.39 is 12.0 Å². The van der Waals surface area contributed by atoms with Crippen LogP contribution in [0, 0.1) is 0 Å². The van der Waals surface area contributed by atoms with Crippen LogP contribution in [0.25, 0.3) is 0 Å². The summed E-state index contributed by atoms with van der Waals surface area (Å²) in [6.45, 7) is 1.13. The van der Waals surface area contributed by atoms with Gasteiger partial charge in [-0.25, -0.2) is 9.67 Å². The van der Waals surface area contributed by atoms with Gasteiger partial charge in [0.1, 0.15) is 25.3 Å². The highest BCUT2D eigenvalue weighted by Crippen LogP contribution is 2.32. The van der Waals surface area contributed by atoms with Crippen molar-refractivity contribution < 1.29 is 24.1 Å². The minimum atomic E-state index is -0.795. The van der Waals surface area contributed by atoms with Crippen molar-refractivity contribution in [1.29, 1.82) is 0 Å². The zero-order valence-electron chi connectivity index (χ0n) is 15.7. The summed E-state index contributed by atoms with van der Waals surface area (Å²) in [6, 6.07) is 12.2. The lowest BCUT2D eigenvalue weighted by Gasteiger charge is -2.18. The predicted molar refractivity (Wildman–Crippen MR) is 103 cm³/mol. The Hall–Kier alpha value is -3.59. The second-order valence-electron chi connectivity index (χ2n) is 6.39. The molecule has 0 saturated heterocycles. The Labute approximate surface area is 166 Å². The summed E-state index contributed by atoms with van der Waals surface area (Å²) in [5, 5.41) is 17.3. The lowest BCUT2D eigenvalue weighted by Crippen LogP contribution is -2.17. The van der Waals surface area contributed by atoms with E-state index in [0.29, 0.717) is 41.7 Å². The molecule has 4 rings (SSSR count). The number of nitrogens with zero attached hydrogens (tertiary/aromatic N) is 3. The van der Waals surface area contributed by atoms with Crippen molar-refractivity contribution in [3.05, 3.63) is 60.2 Å². The Kier molecular flexibility index (Phi) is 5.30. The van der Waals surface area contributed by atoms with Gasteiger partial charge in [-0.05, 0) is 29.8 Å². The summed E-state index contributed by atoms with van der Waals surface area (Å²) in [5.41, 5.74) is 1.26. The minimum Gasteiger partial charge on any atom is -0.497 e. The maximum Gasteiger partial charge on any atom is 0.295 e. The van der Waals surface area contributed by atoms with Crippen molar-refractivity contribution in [3.8, 4) is 17.2 Å². The fourth-order valence-corrected chi connectivity index (χ4v) is 2.90. The molecule has 1 aliphatic rings. The average Bonchev–Trinajstić information content (AvgIpc) is 3.22. The van der Waals surface area contributed by atoms with Crippen molar-refractivity contribution in [2.45, 2.75) is 12.6 Å². The highest BCUT2D eigenvalue weighted by atomic mass is 16.6. The second-order valence-corrected chi connectivity index (χ2v) is 6.39. The Bertz CT molecular complexity index is 1000. The van der Waals surface area contributed by atoms with Crippen LogP contribution in [0.3, 0.4) is 0 Å². The van der Waals surface area contributed by atoms with E-state index in [1.54, 1.807) is 49.6 Å². The van der Waals surface area contributed by atoms with Crippen molar-refractivity contribution >= 4 is 11.6 Å². The molecule has 1 aliphatic heterocycles. The van der Waals surface area contributed by atoms with Gasteiger partial charge >= 0.3 is 0 Å². The fourth-order valence-electron chi connectivity index (χ4n) is 2.90. The molecule has 9 nitrogen and oxygen atoms in total. The predicted octanol–water partition coefficient (Wildman–Crippen LogP) is 2.04. The molecule has 3 aromatic rings. The molecule has 9 heteroatoms. The van der Waals surface area contributed by atoms with Gasteiger partial charge in [0.2, 0.25) is 5.82 Å². The van der Waals surface area contributed by atoms with E-state index in [2.05, 4.69) is 15.4 Å². The van der Waals surface area contributed by atoms with E-state index in [-0.39, 0.29) is 12.4 Å². The van der Waals surface area contributed by atoms with Crippen molar-refractivity contribution in [1.82, 2.24) is 14.8 Å². The number of nitrogens with one attached hydrogen (secondary N) is 1. The van der Waals surface area contributed by atoms with Gasteiger partial charge in [-0.3, -0.25) is 4.79 Å². The van der Waals surface area contributed by atoms with Crippen molar-refractivity contribution in [2.75, 3.05) is 25.6 Å². The summed E-state index contributed by atoms with van der Waals surface area (Å²) in [5.74, 6) is 1.47. The van der Waals surface area contributed by atoms with Crippen LogP contribution in [0.1, 0.15) is 22.3 Å². The van der Waals surface area contributed by atoms with E-state index in [1.807, 2.05) is 0 Å². The molecular formula is C20H20N4O5. The molecule has 0 aliphatic carbocycles. The smallest absolute Gasteiger partial charge is 0.295 e. The quantitative estimate of drug-likeness (QED) is 0.656. The number of aromatic nitrogens is 3. The third-order valence-corrected chi connectivity index (χ3v) is 4.40. The number of aliphatic hydroxyl groups is 1. The van der Waals surface area contributed by atoms with Crippen LogP contribution < -0.4 is 19.5 Å². The summed E-state index contributed by atoms with van der Waals surface area (Å²) in [4.78, 5) is 16.5. The SMILES string of the molecule is COc1ccc([C@H](O)Cn2cnc(C(=O)Nc3ccc4c(c3)OCCO4)n2)cc1. The lowest BCUT2D eigenvalue weighted by molar-refractivity contribution is 0.101. The first-order chi connectivity index (χ1) is 14.1. The number of benzene rings is 2. The van der Waals surface area contributed by atoms with Gasteiger partial charge in [-0.2, -0.15) is 0 Å². The number of anilines is 1. The number of carbonyl (C=O) groups excluding carboxylic acids is 1. The lowest BCUT2D eigenvalue weighted by atomic mass is 10.1. The standard InChI is InChI=1S/C20H20N4O5/c1-27-15-5-2-13(3-6-15)16(25)11-24-12-21-19(23-24)20(26)22-14-4-7-17-18(10-14)29-9-8-28-17/h2-7,10,12,16,25H,8-9,11H2,1H3,(H,22,26)/t16-/m1/s1. The number of hydrogen-bond donors (Lipinski definition) is 2. The maximum atomic E-state index is 12.4. The van der Waals surface area contributed by atoms with E-state index in [0.717, 1.165) is 0 Å². The number of aliphatic hydroxyl groups excluding tert-OH is 1. The highest BCUT2D eigenvalue weighted by molar-refractivity contribution is 6.01. The largest absolute Gasteiger partial charge is 0.497 e. The number of rotatable bonds is 6. The van der Waals surface area contributed by atoms with E-state index in [1.165, 1.54) is 11.0 Å². The summed E-state index contributed by atoms with van der Waals surface area (Å²) in [7, 11) is 1.58. The van der Waals surface area contributed by atoms with Gasteiger partial charge in [0.05, 0.1) is 19.8 Å². The summed E-state index contributed by atoms with van der Waals surface area (Å²) in [6.07, 6.45) is 0.613. The molecule has 29 heavy (non-hydrogen) atoms. The van der Waals surface area contributed by atoms with Gasteiger partial charge in [-0.15, -0.1) is 5.10 Å². The van der Waals surface area contributed by atoms with E-state index >= 15 is 0 Å². The first-order valence-corrected chi connectivity index (χ1v) is 9.05. The monoisotopic (exact) mass is 396 g/mol. The molecule has 0 spiro atoms. The third kappa shape index (κ3) is 4.30. The maximum absolute atomic E-state index is 12.4. The van der Waals surface area contributed by atoms with Gasteiger partial charge in [0.15, 0.2) is 11.5 Å². The zero-order valence-corrected chi connectivity index (χ0v) is 15.7. The number of hydrogen-bond acceptors (Lipinski definition) is 7. The molecule has 2 heterocycles. The molecular weight excluding hydrogens is 376 g/mol. The molecule has 0 saturated carbocycles. The van der Waals surface area contributed by atoms with Gasteiger partial charge in [-0.1, -0.05) is 12.1 Å². The summed E-state index contributed by atoms with van der Waals surface area (Å²) >= 11 is 0. The first-order valence-electron chi connectivity index (χ1n) is 9.05. The van der Waals surface area contributed by atoms with E-state index in [4.69, 9.17) is 14.2 Å². The van der Waals surface area contributed by atoms with Crippen LogP contribution in [0.2, 0.25) is 0 Å². The molecule has 150 valence electrons. The van der Waals surface area contributed by atoms with Crippen LogP contribution in [0.5, 0.6) is 17.2 Å². The molecule has 0 unspecified atom stereocenters. The third-order valence-electron chi connectivity index (χ3n) is 4.40. The molecule has 0 radical (unpaired) electrons. The molecule has 1 aromatic heterocycles. The van der Waals surface area contributed by atoms with E-state index in [9.17, 15) is 9.90 Å². The molecule has 2 N–H and O–H groups in total. The average molecular weight is 396 g/mol. The number of fused-ring (bicyclic) bond motifs is 1. The number of carbonyl (C=O) groups is 1. The van der Waals surface area contributed by atoms with Crippen molar-refractivity contribution in [2.24, 2.45) is 0 Å². The highest BCUT2D eigenvalue weighted by Gasteiger charge is 2.17. The molecule has 2 aromatic carbocycles. The minimum absolute atomic E-state index is 0.00169. The number of amides is 1. The van der Waals surface area contributed by atoms with Crippen LogP contribution in [-0.2, 0) is 6.54 Å². The van der Waals surface area contributed by atoms with Crippen LogP contribution >= 0.6 is 0 Å². The topological polar surface area (TPSA) is 108 Å². The normalized spacial score (nSPS) is 13.6. The molecule has 1 atom stereocenters. The van der Waals surface area contributed by atoms with Crippen LogP contribution in [0.4, 0.5) is 5.69 Å². The molecule has 0 bridgehead atoms. The Balaban J connectivity index is 1.39. The second kappa shape index (κ2) is 8.19. The Morgan fingerprint density at radius 3 is 2.72 bits per heavy atom. The van der Waals surface area contributed by atoms with Crippen molar-refractivity contribution in [3.63, 3.8) is 0 Å². The first kappa shape index (κ1) is 18.8. The van der Waals surface area contributed by atoms with Gasteiger partial charge < -0.3 is 24.6 Å². The van der Waals surface area contributed by atoms with Gasteiger partial charge in [0.25, 0.3) is 5.91 Å². The van der Waals surface area contributed by atoms with Crippen LogP contribution in [-0.4, -0.2) is 46.1 Å². The number of ether oxygens (including phenoxy) is 3. The molecule has 1 amide bonds.